The number of halogens is 2. The molecule has 0 aliphatic rings. The molecule has 0 spiro atoms. The van der Waals surface area contributed by atoms with E-state index in [1.54, 1.807) is 42.5 Å². The van der Waals surface area contributed by atoms with Gasteiger partial charge < -0.3 is 10.2 Å². The van der Waals surface area contributed by atoms with Crippen LogP contribution in [0.3, 0.4) is 0 Å². The molecule has 0 heterocycles. The minimum absolute atomic E-state index is 0.113. The molecular weight excluding hydrogens is 458 g/mol. The molecule has 36 heavy (non-hydrogen) atoms. The van der Waals surface area contributed by atoms with Crippen LogP contribution in [0.2, 0.25) is 0 Å². The standard InChI is InChI=1S/C30H26F2N2O2/c1-21(24-6-3-2-4-7-24)33-29(35)18-22-12-16-28(17-13-22)34(20-23-10-14-26(31)15-11-23)30(36)25-8-5-9-27(32)19-25/h2-17,19,21H,18,20H2,1H3,(H,33,35)/t21-/m0/s1. The first-order valence-electron chi connectivity index (χ1n) is 11.6. The minimum atomic E-state index is -0.506. The van der Waals surface area contributed by atoms with E-state index in [2.05, 4.69) is 5.32 Å². The van der Waals surface area contributed by atoms with Gasteiger partial charge in [-0.1, -0.05) is 60.7 Å². The zero-order chi connectivity index (χ0) is 25.5. The van der Waals surface area contributed by atoms with Gasteiger partial charge in [-0.3, -0.25) is 9.59 Å². The first kappa shape index (κ1) is 24.8. The molecule has 0 aliphatic carbocycles. The molecule has 0 bridgehead atoms. The van der Waals surface area contributed by atoms with E-state index in [0.717, 1.165) is 16.7 Å². The van der Waals surface area contributed by atoms with Gasteiger partial charge in [-0.2, -0.15) is 0 Å². The Morgan fingerprint density at radius 3 is 2.11 bits per heavy atom. The predicted molar refractivity (Wildman–Crippen MR) is 136 cm³/mol. The second-order valence-corrected chi connectivity index (χ2v) is 8.57. The lowest BCUT2D eigenvalue weighted by molar-refractivity contribution is -0.121. The maximum absolute atomic E-state index is 13.8. The van der Waals surface area contributed by atoms with Crippen molar-refractivity contribution in [2.75, 3.05) is 4.90 Å². The smallest absolute Gasteiger partial charge is 0.258 e. The number of carbonyl (C=O) groups is 2. The number of nitrogens with one attached hydrogen (secondary N) is 1. The van der Waals surface area contributed by atoms with Gasteiger partial charge in [0, 0.05) is 11.3 Å². The largest absolute Gasteiger partial charge is 0.349 e. The molecule has 4 aromatic rings. The maximum atomic E-state index is 13.8. The maximum Gasteiger partial charge on any atom is 0.258 e. The summed E-state index contributed by atoms with van der Waals surface area (Å²) in [5.74, 6) is -1.38. The topological polar surface area (TPSA) is 49.4 Å². The average Bonchev–Trinajstić information content (AvgIpc) is 2.89. The van der Waals surface area contributed by atoms with Crippen molar-refractivity contribution in [2.24, 2.45) is 0 Å². The molecule has 4 aromatic carbocycles. The van der Waals surface area contributed by atoms with Crippen LogP contribution >= 0.6 is 0 Å². The highest BCUT2D eigenvalue weighted by Gasteiger charge is 2.19. The normalized spacial score (nSPS) is 11.5. The van der Waals surface area contributed by atoms with Crippen LogP contribution in [-0.2, 0) is 17.8 Å². The van der Waals surface area contributed by atoms with Crippen molar-refractivity contribution in [3.63, 3.8) is 0 Å². The van der Waals surface area contributed by atoms with Gasteiger partial charge in [0.1, 0.15) is 11.6 Å². The first-order valence-corrected chi connectivity index (χ1v) is 11.6. The number of carbonyl (C=O) groups excluding carboxylic acids is 2. The van der Waals surface area contributed by atoms with E-state index in [1.807, 2.05) is 37.3 Å². The zero-order valence-electron chi connectivity index (χ0n) is 19.8. The number of hydrogen-bond donors (Lipinski definition) is 1. The van der Waals surface area contributed by atoms with Crippen LogP contribution in [0.15, 0.2) is 103 Å². The molecule has 0 fully saturated rings. The van der Waals surface area contributed by atoms with Crippen LogP contribution in [0, 0.1) is 11.6 Å². The molecule has 1 N–H and O–H groups in total. The van der Waals surface area contributed by atoms with Gasteiger partial charge in [0.15, 0.2) is 0 Å². The average molecular weight is 485 g/mol. The summed E-state index contributed by atoms with van der Waals surface area (Å²) in [6.45, 7) is 2.10. The Labute approximate surface area is 209 Å². The monoisotopic (exact) mass is 484 g/mol. The summed E-state index contributed by atoms with van der Waals surface area (Å²) >= 11 is 0. The van der Waals surface area contributed by atoms with E-state index in [9.17, 15) is 18.4 Å². The Morgan fingerprint density at radius 1 is 0.778 bits per heavy atom. The summed E-state index contributed by atoms with van der Waals surface area (Å²) < 4.78 is 27.2. The molecule has 6 heteroatoms. The molecule has 2 amide bonds. The van der Waals surface area contributed by atoms with E-state index in [1.165, 1.54) is 35.2 Å². The van der Waals surface area contributed by atoms with Crippen LogP contribution in [0.1, 0.15) is 40.0 Å². The molecule has 1 atom stereocenters. The van der Waals surface area contributed by atoms with E-state index < -0.39 is 5.82 Å². The third-order valence-corrected chi connectivity index (χ3v) is 5.86. The van der Waals surface area contributed by atoms with E-state index >= 15 is 0 Å². The number of hydrogen-bond acceptors (Lipinski definition) is 2. The summed E-state index contributed by atoms with van der Waals surface area (Å²) in [7, 11) is 0. The Hall–Kier alpha value is -4.32. The zero-order valence-corrected chi connectivity index (χ0v) is 19.8. The van der Waals surface area contributed by atoms with E-state index in [0.29, 0.717) is 5.69 Å². The number of amides is 2. The highest BCUT2D eigenvalue weighted by molar-refractivity contribution is 6.06. The van der Waals surface area contributed by atoms with Gasteiger partial charge >= 0.3 is 0 Å². The molecule has 182 valence electrons. The second kappa shape index (κ2) is 11.4. The molecular formula is C30H26F2N2O2. The molecule has 0 unspecified atom stereocenters. The fourth-order valence-electron chi connectivity index (χ4n) is 3.93. The van der Waals surface area contributed by atoms with E-state index in [-0.39, 0.29) is 42.2 Å². The van der Waals surface area contributed by atoms with Crippen LogP contribution in [0.4, 0.5) is 14.5 Å². The van der Waals surface area contributed by atoms with Crippen molar-refractivity contribution >= 4 is 17.5 Å². The van der Waals surface area contributed by atoms with Crippen molar-refractivity contribution in [1.82, 2.24) is 5.32 Å². The first-order chi connectivity index (χ1) is 17.4. The molecule has 4 rings (SSSR count). The number of nitrogens with zero attached hydrogens (tertiary/aromatic N) is 1. The van der Waals surface area contributed by atoms with Crippen LogP contribution in [0.5, 0.6) is 0 Å². The van der Waals surface area contributed by atoms with Crippen molar-refractivity contribution in [3.8, 4) is 0 Å². The SMILES string of the molecule is C[C@H](NC(=O)Cc1ccc(N(Cc2ccc(F)cc2)C(=O)c2cccc(F)c2)cc1)c1ccccc1. The van der Waals surface area contributed by atoms with Gasteiger partial charge in [0.25, 0.3) is 5.91 Å². The lowest BCUT2D eigenvalue weighted by Gasteiger charge is -2.24. The highest BCUT2D eigenvalue weighted by Crippen LogP contribution is 2.22. The summed E-state index contributed by atoms with van der Waals surface area (Å²) in [6, 6.07) is 28.1. The van der Waals surface area contributed by atoms with Gasteiger partial charge in [0.2, 0.25) is 5.91 Å². The van der Waals surface area contributed by atoms with Crippen LogP contribution in [-0.4, -0.2) is 11.8 Å². The van der Waals surface area contributed by atoms with Crippen molar-refractivity contribution in [2.45, 2.75) is 25.9 Å². The summed E-state index contributed by atoms with van der Waals surface area (Å²) in [4.78, 5) is 27.4. The highest BCUT2D eigenvalue weighted by atomic mass is 19.1. The summed E-state index contributed by atoms with van der Waals surface area (Å²) in [5.41, 5.74) is 3.32. The minimum Gasteiger partial charge on any atom is -0.349 e. The molecule has 0 aliphatic heterocycles. The Bertz CT molecular complexity index is 1320. The molecule has 0 saturated carbocycles. The molecule has 0 saturated heterocycles. The van der Waals surface area contributed by atoms with E-state index in [4.69, 9.17) is 0 Å². The fourth-order valence-corrected chi connectivity index (χ4v) is 3.93. The fraction of sp³-hybridized carbons (Fsp3) is 0.133. The van der Waals surface area contributed by atoms with Gasteiger partial charge in [0.05, 0.1) is 19.0 Å². The van der Waals surface area contributed by atoms with Crippen LogP contribution in [0.25, 0.3) is 0 Å². The van der Waals surface area contributed by atoms with Crippen LogP contribution < -0.4 is 10.2 Å². The van der Waals surface area contributed by atoms with Crippen molar-refractivity contribution < 1.29 is 18.4 Å². The third kappa shape index (κ3) is 6.42. The van der Waals surface area contributed by atoms with Gasteiger partial charge in [-0.25, -0.2) is 8.78 Å². The predicted octanol–water partition coefficient (Wildman–Crippen LogP) is 6.23. The molecule has 4 nitrogen and oxygen atoms in total. The summed E-state index contributed by atoms with van der Waals surface area (Å²) in [5, 5.41) is 2.99. The van der Waals surface area contributed by atoms with Crippen molar-refractivity contribution in [3.05, 3.63) is 137 Å². The molecule has 0 radical (unpaired) electrons. The quantitative estimate of drug-likeness (QED) is 0.322. The number of anilines is 1. The number of benzene rings is 4. The Morgan fingerprint density at radius 2 is 1.44 bits per heavy atom. The summed E-state index contributed by atoms with van der Waals surface area (Å²) in [6.07, 6.45) is 0.188. The number of rotatable bonds is 8. The third-order valence-electron chi connectivity index (χ3n) is 5.86. The van der Waals surface area contributed by atoms with Gasteiger partial charge in [-0.05, 0) is 66.1 Å². The Balaban J connectivity index is 1.51. The lowest BCUT2D eigenvalue weighted by Crippen LogP contribution is -2.30. The second-order valence-electron chi connectivity index (χ2n) is 8.57. The Kier molecular flexibility index (Phi) is 7.85. The van der Waals surface area contributed by atoms with Gasteiger partial charge in [-0.15, -0.1) is 0 Å². The van der Waals surface area contributed by atoms with Crippen molar-refractivity contribution in [1.29, 1.82) is 0 Å². The molecule has 0 aromatic heterocycles. The lowest BCUT2D eigenvalue weighted by atomic mass is 10.1.